The van der Waals surface area contributed by atoms with Crippen molar-refractivity contribution in [2.75, 3.05) is 0 Å². The second-order valence-electron chi connectivity index (χ2n) is 4.71. The highest BCUT2D eigenvalue weighted by atomic mass is 79.9. The molecule has 0 aliphatic rings. The van der Waals surface area contributed by atoms with Crippen LogP contribution in [0.4, 0.5) is 0 Å². The fraction of sp³-hybridized carbons (Fsp3) is 0.385. The zero-order chi connectivity index (χ0) is 13.4. The van der Waals surface area contributed by atoms with E-state index in [0.29, 0.717) is 5.28 Å². The minimum atomic E-state index is 0.271. The Morgan fingerprint density at radius 3 is 2.22 bits per heavy atom. The molecule has 0 spiro atoms. The minimum absolute atomic E-state index is 0.271. The number of benzene rings is 1. The van der Waals surface area contributed by atoms with Crippen molar-refractivity contribution in [2.45, 2.75) is 33.6 Å². The topological polar surface area (TPSA) is 30.7 Å². The van der Waals surface area contributed by atoms with Gasteiger partial charge in [0.15, 0.2) is 0 Å². The van der Waals surface area contributed by atoms with Crippen LogP contribution in [0.1, 0.15) is 36.7 Å². The summed E-state index contributed by atoms with van der Waals surface area (Å²) < 4.78 is 3.00. The lowest BCUT2D eigenvalue weighted by Gasteiger charge is -2.15. The highest BCUT2D eigenvalue weighted by Crippen LogP contribution is 2.29. The quantitative estimate of drug-likeness (QED) is 0.817. The molecule has 2 aromatic rings. The lowest BCUT2D eigenvalue weighted by Crippen LogP contribution is -2.07. The van der Waals surface area contributed by atoms with Crippen LogP contribution in [0.2, 0.25) is 5.28 Å². The molecular weight excluding hydrogens is 314 g/mol. The summed E-state index contributed by atoms with van der Waals surface area (Å²) in [6, 6.07) is 4.14. The second kappa shape index (κ2) is 5.02. The van der Waals surface area contributed by atoms with Crippen molar-refractivity contribution in [1.29, 1.82) is 0 Å². The van der Waals surface area contributed by atoms with E-state index < -0.39 is 0 Å². The summed E-state index contributed by atoms with van der Waals surface area (Å²) in [5.41, 5.74) is 3.35. The normalized spacial score (nSPS) is 11.3. The smallest absolute Gasteiger partial charge is 0.229 e. The number of hydrogen-bond donors (Lipinski definition) is 0. The first-order chi connectivity index (χ1) is 8.41. The Morgan fingerprint density at radius 1 is 1.17 bits per heavy atom. The first kappa shape index (κ1) is 13.6. The van der Waals surface area contributed by atoms with Gasteiger partial charge in [0.1, 0.15) is 5.82 Å². The fourth-order valence-corrected chi connectivity index (χ4v) is 3.01. The van der Waals surface area contributed by atoms with Crippen LogP contribution in [0.3, 0.4) is 0 Å². The molecule has 0 atom stereocenters. The van der Waals surface area contributed by atoms with Gasteiger partial charge in [-0.15, -0.1) is 10.2 Å². The van der Waals surface area contributed by atoms with Crippen LogP contribution < -0.4 is 0 Å². The Morgan fingerprint density at radius 2 is 1.72 bits per heavy atom. The van der Waals surface area contributed by atoms with E-state index in [9.17, 15) is 0 Å². The van der Waals surface area contributed by atoms with Crippen LogP contribution in [0.5, 0.6) is 0 Å². The highest BCUT2D eigenvalue weighted by Gasteiger charge is 2.18. The number of hydrogen-bond acceptors (Lipinski definition) is 2. The maximum Gasteiger partial charge on any atom is 0.229 e. The van der Waals surface area contributed by atoms with Crippen LogP contribution in [-0.4, -0.2) is 14.8 Å². The Kier molecular flexibility index (Phi) is 3.78. The zero-order valence-corrected chi connectivity index (χ0v) is 13.2. The van der Waals surface area contributed by atoms with Crippen molar-refractivity contribution < 1.29 is 0 Å². The molecule has 5 heteroatoms. The molecule has 0 fully saturated rings. The molecule has 0 amide bonds. The molecule has 0 saturated carbocycles. The Hall–Kier alpha value is -0.870. The Bertz CT molecular complexity index is 567. The molecule has 1 heterocycles. The van der Waals surface area contributed by atoms with Crippen molar-refractivity contribution in [3.8, 4) is 5.69 Å². The van der Waals surface area contributed by atoms with Crippen LogP contribution in [0, 0.1) is 13.8 Å². The lowest BCUT2D eigenvalue weighted by molar-refractivity contribution is 0.742. The molecule has 0 saturated heterocycles. The standard InChI is InChI=1S/C13H15BrClN3/c1-7(2)12-16-17-13(15)18(12)11-8(3)5-10(14)6-9(11)4/h5-7H,1-4H3. The van der Waals surface area contributed by atoms with Crippen molar-refractivity contribution in [1.82, 2.24) is 14.8 Å². The van der Waals surface area contributed by atoms with E-state index in [1.54, 1.807) is 0 Å². The van der Waals surface area contributed by atoms with Gasteiger partial charge >= 0.3 is 0 Å². The predicted octanol–water partition coefficient (Wildman–Crippen LogP) is 4.42. The van der Waals surface area contributed by atoms with E-state index in [1.807, 2.05) is 4.57 Å². The molecule has 2 rings (SSSR count). The summed E-state index contributed by atoms with van der Waals surface area (Å²) >= 11 is 9.69. The van der Waals surface area contributed by atoms with Gasteiger partial charge in [-0.25, -0.2) is 0 Å². The molecule has 1 aromatic carbocycles. The van der Waals surface area contributed by atoms with Crippen molar-refractivity contribution in [3.05, 3.63) is 38.8 Å². The third-order valence-corrected chi connectivity index (χ3v) is 3.55. The number of aryl methyl sites for hydroxylation is 2. The summed E-state index contributed by atoms with van der Waals surface area (Å²) in [5, 5.41) is 8.56. The fourth-order valence-electron chi connectivity index (χ4n) is 2.11. The summed E-state index contributed by atoms with van der Waals surface area (Å²) in [6.45, 7) is 8.29. The number of nitrogens with zero attached hydrogens (tertiary/aromatic N) is 3. The van der Waals surface area contributed by atoms with Crippen molar-refractivity contribution in [2.24, 2.45) is 0 Å². The number of rotatable bonds is 2. The van der Waals surface area contributed by atoms with Gasteiger partial charge in [0, 0.05) is 10.4 Å². The molecule has 3 nitrogen and oxygen atoms in total. The van der Waals surface area contributed by atoms with Gasteiger partial charge in [-0.1, -0.05) is 29.8 Å². The number of halogens is 2. The van der Waals surface area contributed by atoms with Crippen LogP contribution in [0.25, 0.3) is 5.69 Å². The third kappa shape index (κ3) is 2.31. The highest BCUT2D eigenvalue weighted by molar-refractivity contribution is 9.10. The van der Waals surface area contributed by atoms with E-state index in [4.69, 9.17) is 11.6 Å². The molecule has 0 N–H and O–H groups in total. The molecular formula is C13H15BrClN3. The van der Waals surface area contributed by atoms with E-state index in [1.165, 1.54) is 0 Å². The van der Waals surface area contributed by atoms with E-state index in [-0.39, 0.29) is 5.92 Å². The third-order valence-electron chi connectivity index (χ3n) is 2.84. The van der Waals surface area contributed by atoms with Gasteiger partial charge in [-0.3, -0.25) is 4.57 Å². The van der Waals surface area contributed by atoms with Crippen molar-refractivity contribution >= 4 is 27.5 Å². The predicted molar refractivity (Wildman–Crippen MR) is 77.6 cm³/mol. The van der Waals surface area contributed by atoms with Crippen LogP contribution in [0.15, 0.2) is 16.6 Å². The van der Waals surface area contributed by atoms with Gasteiger partial charge in [0.2, 0.25) is 5.28 Å². The first-order valence-electron chi connectivity index (χ1n) is 5.79. The lowest BCUT2D eigenvalue weighted by atomic mass is 10.1. The molecule has 0 unspecified atom stereocenters. The molecule has 0 bridgehead atoms. The van der Waals surface area contributed by atoms with E-state index in [2.05, 4.69) is 66.0 Å². The maximum atomic E-state index is 6.18. The first-order valence-corrected chi connectivity index (χ1v) is 6.97. The number of aromatic nitrogens is 3. The van der Waals surface area contributed by atoms with E-state index >= 15 is 0 Å². The van der Waals surface area contributed by atoms with Crippen LogP contribution >= 0.6 is 27.5 Å². The molecule has 0 aliphatic carbocycles. The minimum Gasteiger partial charge on any atom is -0.269 e. The van der Waals surface area contributed by atoms with Gasteiger partial charge in [-0.05, 0) is 48.7 Å². The average Bonchev–Trinajstić information content (AvgIpc) is 2.59. The average molecular weight is 329 g/mol. The largest absolute Gasteiger partial charge is 0.269 e. The summed E-state index contributed by atoms with van der Waals surface area (Å²) in [6.07, 6.45) is 0. The summed E-state index contributed by atoms with van der Waals surface area (Å²) in [5.74, 6) is 1.15. The summed E-state index contributed by atoms with van der Waals surface area (Å²) in [4.78, 5) is 0. The molecule has 0 aliphatic heterocycles. The Labute approximate surface area is 120 Å². The van der Waals surface area contributed by atoms with Crippen molar-refractivity contribution in [3.63, 3.8) is 0 Å². The molecule has 18 heavy (non-hydrogen) atoms. The SMILES string of the molecule is Cc1cc(Br)cc(C)c1-n1c(Cl)nnc1C(C)C. The molecule has 96 valence electrons. The summed E-state index contributed by atoms with van der Waals surface area (Å²) in [7, 11) is 0. The Balaban J connectivity index is 2.73. The molecule has 1 aromatic heterocycles. The van der Waals surface area contributed by atoms with Gasteiger partial charge in [-0.2, -0.15) is 0 Å². The van der Waals surface area contributed by atoms with Gasteiger partial charge in [0.25, 0.3) is 0 Å². The van der Waals surface area contributed by atoms with Gasteiger partial charge < -0.3 is 0 Å². The van der Waals surface area contributed by atoms with Crippen LogP contribution in [-0.2, 0) is 0 Å². The van der Waals surface area contributed by atoms with E-state index in [0.717, 1.165) is 27.1 Å². The molecule has 0 radical (unpaired) electrons. The van der Waals surface area contributed by atoms with Gasteiger partial charge in [0.05, 0.1) is 5.69 Å². The maximum absolute atomic E-state index is 6.18. The zero-order valence-electron chi connectivity index (χ0n) is 10.8. The monoisotopic (exact) mass is 327 g/mol. The second-order valence-corrected chi connectivity index (χ2v) is 5.96.